The van der Waals surface area contributed by atoms with E-state index < -0.39 is 0 Å². The highest BCUT2D eigenvalue weighted by atomic mass is 16.5. The van der Waals surface area contributed by atoms with Gasteiger partial charge in [0.2, 0.25) is 0 Å². The second kappa shape index (κ2) is 7.29. The average molecular weight is 339 g/mol. The molecule has 130 valence electrons. The minimum absolute atomic E-state index is 0.337. The number of benzene rings is 1. The number of hydrogen-bond acceptors (Lipinski definition) is 6. The molecular formula is C18H21N5O2. The summed E-state index contributed by atoms with van der Waals surface area (Å²) in [6.45, 7) is 6.54. The Hall–Kier alpha value is -2.96. The molecule has 0 aliphatic carbocycles. The van der Waals surface area contributed by atoms with Crippen LogP contribution < -0.4 is 4.90 Å². The molecule has 3 rings (SSSR count). The van der Waals surface area contributed by atoms with Gasteiger partial charge in [-0.25, -0.2) is 19.7 Å². The molecule has 2 heterocycles. The van der Waals surface area contributed by atoms with E-state index in [0.717, 1.165) is 35.6 Å². The number of anilines is 1. The number of esters is 1. The van der Waals surface area contributed by atoms with Gasteiger partial charge in [0, 0.05) is 13.1 Å². The Morgan fingerprint density at radius 2 is 1.84 bits per heavy atom. The highest BCUT2D eigenvalue weighted by Crippen LogP contribution is 2.22. The van der Waals surface area contributed by atoms with Gasteiger partial charge < -0.3 is 14.2 Å². The second-order valence-electron chi connectivity index (χ2n) is 5.60. The zero-order valence-electron chi connectivity index (χ0n) is 14.6. The van der Waals surface area contributed by atoms with Crippen LogP contribution in [0.25, 0.3) is 11.2 Å². The molecule has 0 saturated carbocycles. The summed E-state index contributed by atoms with van der Waals surface area (Å²) in [7, 11) is 1.38. The maximum atomic E-state index is 11.5. The topological polar surface area (TPSA) is 73.1 Å². The van der Waals surface area contributed by atoms with Crippen LogP contribution in [0.1, 0.15) is 29.8 Å². The van der Waals surface area contributed by atoms with Gasteiger partial charge in [-0.1, -0.05) is 12.1 Å². The Bertz CT molecular complexity index is 869. The van der Waals surface area contributed by atoms with E-state index in [9.17, 15) is 4.79 Å². The number of imidazole rings is 1. The van der Waals surface area contributed by atoms with Gasteiger partial charge in [0.05, 0.1) is 25.5 Å². The van der Waals surface area contributed by atoms with Crippen molar-refractivity contribution >= 4 is 23.0 Å². The molecule has 1 aromatic carbocycles. The summed E-state index contributed by atoms with van der Waals surface area (Å²) in [6, 6.07) is 7.34. The molecule has 0 fully saturated rings. The van der Waals surface area contributed by atoms with Crippen molar-refractivity contribution in [1.29, 1.82) is 0 Å². The molecule has 0 unspecified atom stereocenters. The lowest BCUT2D eigenvalue weighted by atomic mass is 10.1. The molecule has 0 aliphatic rings. The number of aromatic nitrogens is 4. The van der Waals surface area contributed by atoms with E-state index in [-0.39, 0.29) is 5.97 Å². The predicted molar refractivity (Wildman–Crippen MR) is 95.8 cm³/mol. The van der Waals surface area contributed by atoms with Gasteiger partial charge >= 0.3 is 5.97 Å². The number of hydrogen-bond donors (Lipinski definition) is 0. The summed E-state index contributed by atoms with van der Waals surface area (Å²) < 4.78 is 6.70. The molecule has 0 atom stereocenters. The summed E-state index contributed by atoms with van der Waals surface area (Å²) in [5.41, 5.74) is 3.19. The van der Waals surface area contributed by atoms with Crippen LogP contribution in [0.5, 0.6) is 0 Å². The molecule has 0 saturated heterocycles. The number of methoxy groups -OCH3 is 1. The summed E-state index contributed by atoms with van der Waals surface area (Å²) >= 11 is 0. The van der Waals surface area contributed by atoms with Crippen molar-refractivity contribution in [1.82, 2.24) is 19.5 Å². The van der Waals surface area contributed by atoms with Crippen molar-refractivity contribution < 1.29 is 9.53 Å². The van der Waals surface area contributed by atoms with E-state index in [1.807, 2.05) is 16.7 Å². The van der Waals surface area contributed by atoms with Crippen LogP contribution >= 0.6 is 0 Å². The number of fused-ring (bicyclic) bond motifs is 1. The van der Waals surface area contributed by atoms with E-state index in [2.05, 4.69) is 33.7 Å². The lowest BCUT2D eigenvalue weighted by molar-refractivity contribution is 0.0600. The van der Waals surface area contributed by atoms with Crippen molar-refractivity contribution in [2.45, 2.75) is 20.4 Å². The number of rotatable bonds is 6. The summed E-state index contributed by atoms with van der Waals surface area (Å²) in [6.07, 6.45) is 3.36. The number of carbonyl (C=O) groups excluding carboxylic acids is 1. The fourth-order valence-corrected chi connectivity index (χ4v) is 2.80. The van der Waals surface area contributed by atoms with Gasteiger partial charge in [0.25, 0.3) is 0 Å². The summed E-state index contributed by atoms with van der Waals surface area (Å²) in [5, 5.41) is 0. The minimum atomic E-state index is -0.337. The maximum Gasteiger partial charge on any atom is 0.337 e. The van der Waals surface area contributed by atoms with Crippen LogP contribution in [0.2, 0.25) is 0 Å². The Labute approximate surface area is 146 Å². The van der Waals surface area contributed by atoms with Gasteiger partial charge in [-0.05, 0) is 31.5 Å². The molecule has 0 amide bonds. The van der Waals surface area contributed by atoms with Crippen molar-refractivity contribution in [2.75, 3.05) is 25.1 Å². The molecular weight excluding hydrogens is 318 g/mol. The number of ether oxygens (including phenoxy) is 1. The van der Waals surface area contributed by atoms with Gasteiger partial charge in [0.1, 0.15) is 6.33 Å². The fraction of sp³-hybridized carbons (Fsp3) is 0.333. The Morgan fingerprint density at radius 1 is 1.12 bits per heavy atom. The Kier molecular flexibility index (Phi) is 4.92. The van der Waals surface area contributed by atoms with Crippen LogP contribution in [0, 0.1) is 0 Å². The highest BCUT2D eigenvalue weighted by Gasteiger charge is 2.14. The number of carbonyl (C=O) groups is 1. The van der Waals surface area contributed by atoms with Gasteiger partial charge in [-0.2, -0.15) is 0 Å². The fourth-order valence-electron chi connectivity index (χ4n) is 2.80. The Morgan fingerprint density at radius 3 is 2.48 bits per heavy atom. The van der Waals surface area contributed by atoms with E-state index in [1.165, 1.54) is 7.11 Å². The molecule has 3 aromatic rings. The van der Waals surface area contributed by atoms with Gasteiger partial charge in [0.15, 0.2) is 17.0 Å². The van der Waals surface area contributed by atoms with E-state index in [4.69, 9.17) is 4.74 Å². The molecule has 0 bridgehead atoms. The Balaban J connectivity index is 1.90. The van der Waals surface area contributed by atoms with Crippen LogP contribution in [0.4, 0.5) is 5.82 Å². The first kappa shape index (κ1) is 16.9. The first-order chi connectivity index (χ1) is 12.2. The minimum Gasteiger partial charge on any atom is -0.465 e. The van der Waals surface area contributed by atoms with Crippen molar-refractivity contribution in [2.24, 2.45) is 0 Å². The maximum absolute atomic E-state index is 11.5. The third-order valence-electron chi connectivity index (χ3n) is 4.17. The molecule has 0 N–H and O–H groups in total. The van der Waals surface area contributed by atoms with Gasteiger partial charge in [-0.3, -0.25) is 0 Å². The normalized spacial score (nSPS) is 10.8. The van der Waals surface area contributed by atoms with Crippen LogP contribution in [0.15, 0.2) is 36.9 Å². The molecule has 0 radical (unpaired) electrons. The smallest absolute Gasteiger partial charge is 0.337 e. The van der Waals surface area contributed by atoms with Crippen molar-refractivity contribution in [3.8, 4) is 0 Å². The highest BCUT2D eigenvalue weighted by molar-refractivity contribution is 5.89. The zero-order valence-corrected chi connectivity index (χ0v) is 14.6. The third kappa shape index (κ3) is 3.31. The van der Waals surface area contributed by atoms with E-state index in [1.54, 1.807) is 24.8 Å². The SMILES string of the molecule is CCN(CC)c1ncnc2c1ncn2Cc1ccc(C(=O)OC)cc1. The van der Waals surface area contributed by atoms with Crippen LogP contribution in [-0.4, -0.2) is 45.7 Å². The standard InChI is InChI=1S/C18H21N5O2/c1-4-22(5-2)16-15-17(20-11-19-16)23(12-21-15)10-13-6-8-14(9-7-13)18(24)25-3/h6-9,11-12H,4-5,10H2,1-3H3. The first-order valence-corrected chi connectivity index (χ1v) is 8.26. The molecule has 0 aliphatic heterocycles. The largest absolute Gasteiger partial charge is 0.465 e. The lowest BCUT2D eigenvalue weighted by Crippen LogP contribution is -2.23. The lowest BCUT2D eigenvalue weighted by Gasteiger charge is -2.19. The monoisotopic (exact) mass is 339 g/mol. The quantitative estimate of drug-likeness (QED) is 0.643. The van der Waals surface area contributed by atoms with E-state index >= 15 is 0 Å². The van der Waals surface area contributed by atoms with Crippen molar-refractivity contribution in [3.05, 3.63) is 48.0 Å². The average Bonchev–Trinajstić information content (AvgIpc) is 3.06. The molecule has 2 aromatic heterocycles. The molecule has 7 nitrogen and oxygen atoms in total. The summed E-state index contributed by atoms with van der Waals surface area (Å²) in [4.78, 5) is 27.0. The van der Waals surface area contributed by atoms with Gasteiger partial charge in [-0.15, -0.1) is 0 Å². The molecule has 0 spiro atoms. The van der Waals surface area contributed by atoms with Crippen LogP contribution in [-0.2, 0) is 11.3 Å². The first-order valence-electron chi connectivity index (χ1n) is 8.26. The predicted octanol–water partition coefficient (Wildman–Crippen LogP) is 2.51. The van der Waals surface area contributed by atoms with Crippen molar-refractivity contribution in [3.63, 3.8) is 0 Å². The molecule has 25 heavy (non-hydrogen) atoms. The zero-order chi connectivity index (χ0) is 17.8. The number of nitrogens with zero attached hydrogens (tertiary/aromatic N) is 5. The van der Waals surface area contributed by atoms with Crippen LogP contribution in [0.3, 0.4) is 0 Å². The van der Waals surface area contributed by atoms with E-state index in [0.29, 0.717) is 12.1 Å². The second-order valence-corrected chi connectivity index (χ2v) is 5.60. The third-order valence-corrected chi connectivity index (χ3v) is 4.17. The molecule has 7 heteroatoms. The summed E-state index contributed by atoms with van der Waals surface area (Å²) in [5.74, 6) is 0.519.